The summed E-state index contributed by atoms with van der Waals surface area (Å²) in [5, 5.41) is 1.05. The average Bonchev–Trinajstić information content (AvgIpc) is 3.25. The number of fused-ring (bicyclic) bond motifs is 1. The molecule has 0 atom stereocenters. The molecule has 0 unspecified atom stereocenters. The van der Waals surface area contributed by atoms with E-state index in [-0.39, 0.29) is 26.1 Å². The third-order valence-electron chi connectivity index (χ3n) is 6.61. The second-order valence-electron chi connectivity index (χ2n) is 9.22. The van der Waals surface area contributed by atoms with Crippen LogP contribution in [0.1, 0.15) is 36.6 Å². The third-order valence-corrected chi connectivity index (χ3v) is 6.61. The Kier molecular flexibility index (Phi) is 8.57. The van der Waals surface area contributed by atoms with Crippen LogP contribution in [-0.4, -0.2) is 16.5 Å². The van der Waals surface area contributed by atoms with Gasteiger partial charge in [-0.1, -0.05) is 97.9 Å². The lowest BCUT2D eigenvalue weighted by molar-refractivity contribution is -0.174. The number of hydrogen-bond donors (Lipinski definition) is 0. The molecule has 5 heteroatoms. The van der Waals surface area contributed by atoms with E-state index in [1.807, 2.05) is 122 Å². The Morgan fingerprint density at radius 1 is 0.784 bits per heavy atom. The molecule has 4 aromatic rings. The van der Waals surface area contributed by atoms with Gasteiger partial charge in [0.15, 0.2) is 5.41 Å². The molecule has 190 valence electrons. The molecule has 3 aromatic carbocycles. The lowest BCUT2D eigenvalue weighted by Gasteiger charge is -2.29. The molecule has 0 radical (unpaired) electrons. The zero-order valence-corrected chi connectivity index (χ0v) is 21.4. The van der Waals surface area contributed by atoms with Gasteiger partial charge in [-0.25, -0.2) is 0 Å². The van der Waals surface area contributed by atoms with Crippen molar-refractivity contribution in [3.05, 3.63) is 120 Å². The first-order valence-electron chi connectivity index (χ1n) is 12.6. The maximum atomic E-state index is 13.9. The number of para-hydroxylation sites is 1. The number of rotatable bonds is 11. The standard InChI is InChI=1S/C32H33NO4/c1-3-4-13-20-32(30(34)36-23-25-14-7-5-8-15-25,31(35)37-24-26-16-9-6-10-17-26)22-28-21-27-18-11-12-19-29(27)33(28)2/h4-19,21H,3,20,22-24H2,1-2H3/b13-4-. The number of carbonyl (C=O) groups is 2. The molecule has 37 heavy (non-hydrogen) atoms. The molecule has 1 aromatic heterocycles. The number of benzene rings is 3. The van der Waals surface area contributed by atoms with Crippen LogP contribution in [0.2, 0.25) is 0 Å². The molecule has 0 bridgehead atoms. The van der Waals surface area contributed by atoms with Crippen LogP contribution in [0.25, 0.3) is 10.9 Å². The molecule has 5 nitrogen and oxygen atoms in total. The van der Waals surface area contributed by atoms with Gasteiger partial charge >= 0.3 is 11.9 Å². The Morgan fingerprint density at radius 2 is 1.32 bits per heavy atom. The van der Waals surface area contributed by atoms with Crippen molar-refractivity contribution in [3.8, 4) is 0 Å². The number of hydrogen-bond acceptors (Lipinski definition) is 4. The van der Waals surface area contributed by atoms with E-state index >= 15 is 0 Å². The predicted molar refractivity (Wildman–Crippen MR) is 146 cm³/mol. The minimum Gasteiger partial charge on any atom is -0.460 e. The number of esters is 2. The smallest absolute Gasteiger partial charge is 0.324 e. The maximum Gasteiger partial charge on any atom is 0.324 e. The van der Waals surface area contributed by atoms with Crippen LogP contribution < -0.4 is 0 Å². The summed E-state index contributed by atoms with van der Waals surface area (Å²) in [6.45, 7) is 2.18. The molecule has 1 heterocycles. The Balaban J connectivity index is 1.70. The number of carbonyl (C=O) groups excluding carboxylic acids is 2. The van der Waals surface area contributed by atoms with Crippen molar-refractivity contribution in [2.24, 2.45) is 12.5 Å². The lowest BCUT2D eigenvalue weighted by Crippen LogP contribution is -2.44. The number of aromatic nitrogens is 1. The highest BCUT2D eigenvalue weighted by Crippen LogP contribution is 2.34. The molecule has 0 aliphatic carbocycles. The van der Waals surface area contributed by atoms with Crippen molar-refractivity contribution in [2.45, 2.75) is 39.4 Å². The zero-order valence-electron chi connectivity index (χ0n) is 21.4. The van der Waals surface area contributed by atoms with Gasteiger partial charge in [-0.15, -0.1) is 0 Å². The molecule has 0 aliphatic heterocycles. The molecule has 0 fully saturated rings. The minimum atomic E-state index is -1.53. The fourth-order valence-electron chi connectivity index (χ4n) is 4.47. The summed E-state index contributed by atoms with van der Waals surface area (Å²) in [6, 6.07) is 29.0. The highest BCUT2D eigenvalue weighted by molar-refractivity contribution is 6.00. The summed E-state index contributed by atoms with van der Waals surface area (Å²) in [4.78, 5) is 27.7. The SMILES string of the molecule is CC/C=C\CC(Cc1cc2ccccc2n1C)(C(=O)OCc1ccccc1)C(=O)OCc1ccccc1. The fraction of sp³-hybridized carbons (Fsp3) is 0.250. The lowest BCUT2D eigenvalue weighted by atomic mass is 9.79. The van der Waals surface area contributed by atoms with Crippen molar-refractivity contribution < 1.29 is 19.1 Å². The topological polar surface area (TPSA) is 57.5 Å². The van der Waals surface area contributed by atoms with Gasteiger partial charge < -0.3 is 14.0 Å². The summed E-state index contributed by atoms with van der Waals surface area (Å²) in [5.41, 5.74) is 2.08. The van der Waals surface area contributed by atoms with Gasteiger partial charge in [-0.05, 0) is 41.5 Å². The fourth-order valence-corrected chi connectivity index (χ4v) is 4.47. The molecule has 0 amide bonds. The zero-order chi connectivity index (χ0) is 26.1. The van der Waals surface area contributed by atoms with Gasteiger partial charge in [-0.2, -0.15) is 0 Å². The van der Waals surface area contributed by atoms with Gasteiger partial charge in [0.05, 0.1) is 0 Å². The van der Waals surface area contributed by atoms with Crippen LogP contribution in [0.3, 0.4) is 0 Å². The van der Waals surface area contributed by atoms with Crippen LogP contribution in [-0.2, 0) is 45.7 Å². The monoisotopic (exact) mass is 495 g/mol. The predicted octanol–water partition coefficient (Wildman–Crippen LogP) is 6.55. The number of nitrogens with zero attached hydrogens (tertiary/aromatic N) is 1. The van der Waals surface area contributed by atoms with Crippen molar-refractivity contribution >= 4 is 22.8 Å². The normalized spacial score (nSPS) is 11.6. The Bertz CT molecular complexity index is 1300. The van der Waals surface area contributed by atoms with Crippen molar-refractivity contribution in [1.29, 1.82) is 0 Å². The molecular formula is C32H33NO4. The van der Waals surface area contributed by atoms with Crippen LogP contribution in [0.5, 0.6) is 0 Å². The molecule has 0 saturated heterocycles. The quantitative estimate of drug-likeness (QED) is 0.134. The average molecular weight is 496 g/mol. The van der Waals surface area contributed by atoms with E-state index < -0.39 is 17.4 Å². The minimum absolute atomic E-state index is 0.0833. The Labute approximate surface area is 218 Å². The van der Waals surface area contributed by atoms with E-state index in [9.17, 15) is 9.59 Å². The second kappa shape index (κ2) is 12.2. The van der Waals surface area contributed by atoms with Crippen LogP contribution in [0, 0.1) is 5.41 Å². The highest BCUT2D eigenvalue weighted by Gasteiger charge is 2.49. The van der Waals surface area contributed by atoms with Gasteiger partial charge in [0.1, 0.15) is 13.2 Å². The number of aryl methyl sites for hydroxylation is 1. The molecule has 0 spiro atoms. The van der Waals surface area contributed by atoms with E-state index in [0.29, 0.717) is 0 Å². The first-order chi connectivity index (χ1) is 18.0. The first kappa shape index (κ1) is 26.0. The first-order valence-corrected chi connectivity index (χ1v) is 12.6. The van der Waals surface area contributed by atoms with Crippen molar-refractivity contribution in [1.82, 2.24) is 4.57 Å². The summed E-state index contributed by atoms with van der Waals surface area (Å²) >= 11 is 0. The molecule has 0 saturated carbocycles. The van der Waals surface area contributed by atoms with Gasteiger partial charge in [-0.3, -0.25) is 9.59 Å². The van der Waals surface area contributed by atoms with E-state index in [4.69, 9.17) is 9.47 Å². The summed E-state index contributed by atoms with van der Waals surface area (Å²) in [6.07, 6.45) is 4.99. The largest absolute Gasteiger partial charge is 0.460 e. The van der Waals surface area contributed by atoms with E-state index in [0.717, 1.165) is 34.1 Å². The van der Waals surface area contributed by atoms with Crippen molar-refractivity contribution in [3.63, 3.8) is 0 Å². The second-order valence-corrected chi connectivity index (χ2v) is 9.22. The molecule has 0 aliphatic rings. The van der Waals surface area contributed by atoms with E-state index in [1.165, 1.54) is 0 Å². The van der Waals surface area contributed by atoms with E-state index in [2.05, 4.69) is 0 Å². The van der Waals surface area contributed by atoms with Crippen LogP contribution in [0.15, 0.2) is 103 Å². The Hall–Kier alpha value is -4.12. The molecule has 0 N–H and O–H groups in total. The summed E-state index contributed by atoms with van der Waals surface area (Å²) in [5.74, 6) is -1.17. The van der Waals surface area contributed by atoms with Gasteiger partial charge in [0.25, 0.3) is 0 Å². The number of allylic oxidation sites excluding steroid dienone is 2. The highest BCUT2D eigenvalue weighted by atomic mass is 16.6. The van der Waals surface area contributed by atoms with Crippen LogP contribution >= 0.6 is 0 Å². The summed E-state index contributed by atoms with van der Waals surface area (Å²) < 4.78 is 13.6. The molecule has 4 rings (SSSR count). The van der Waals surface area contributed by atoms with Crippen molar-refractivity contribution in [2.75, 3.05) is 0 Å². The summed E-state index contributed by atoms with van der Waals surface area (Å²) in [7, 11) is 1.95. The van der Waals surface area contributed by atoms with E-state index in [1.54, 1.807) is 0 Å². The Morgan fingerprint density at radius 3 is 1.86 bits per heavy atom. The molecular weight excluding hydrogens is 462 g/mol. The number of ether oxygens (including phenoxy) is 2. The van der Waals surface area contributed by atoms with Crippen LogP contribution in [0.4, 0.5) is 0 Å². The third kappa shape index (κ3) is 6.18. The van der Waals surface area contributed by atoms with Gasteiger partial charge in [0, 0.05) is 24.7 Å². The maximum absolute atomic E-state index is 13.9. The van der Waals surface area contributed by atoms with Gasteiger partial charge in [0.2, 0.25) is 0 Å².